The van der Waals surface area contributed by atoms with Crippen molar-refractivity contribution in [2.75, 3.05) is 56.7 Å². The molecule has 0 radical (unpaired) electrons. The highest BCUT2D eigenvalue weighted by molar-refractivity contribution is 5.82. The van der Waals surface area contributed by atoms with Crippen LogP contribution in [0.4, 0.5) is 11.5 Å². The van der Waals surface area contributed by atoms with Crippen LogP contribution >= 0.6 is 0 Å². The molecule has 0 N–H and O–H groups in total. The van der Waals surface area contributed by atoms with Crippen LogP contribution in [0.15, 0.2) is 36.5 Å². The predicted molar refractivity (Wildman–Crippen MR) is 102 cm³/mol. The number of ether oxygens (including phenoxy) is 2. The number of rotatable bonds is 3. The summed E-state index contributed by atoms with van der Waals surface area (Å²) in [7, 11) is 3.95. The van der Waals surface area contributed by atoms with Crippen molar-refractivity contribution in [3.8, 4) is 11.5 Å². The van der Waals surface area contributed by atoms with Crippen LogP contribution in [0.1, 0.15) is 0 Å². The van der Waals surface area contributed by atoms with Gasteiger partial charge in [-0.2, -0.15) is 5.10 Å². The summed E-state index contributed by atoms with van der Waals surface area (Å²) in [5, 5.41) is 8.31. The van der Waals surface area contributed by atoms with Gasteiger partial charge in [0.25, 0.3) is 5.91 Å². The van der Waals surface area contributed by atoms with Crippen molar-refractivity contribution in [2.24, 2.45) is 0 Å². The first-order valence-electron chi connectivity index (χ1n) is 9.04. The normalized spacial score (nSPS) is 19.0. The standard InChI is InChI=1S/C19H23N5O3/c1-22(2)14-11-18(21-20-12-14)23-7-9-24(10-8-23)19(25)17-13-26-15-5-3-4-6-16(15)27-17/h3-6,11-12,17H,7-10,13H2,1-2H3. The Balaban J connectivity index is 1.37. The molecule has 142 valence electrons. The lowest BCUT2D eigenvalue weighted by Crippen LogP contribution is -2.54. The maximum Gasteiger partial charge on any atom is 0.267 e. The minimum atomic E-state index is -0.594. The minimum absolute atomic E-state index is 0.0303. The molecule has 8 heteroatoms. The van der Waals surface area contributed by atoms with Crippen molar-refractivity contribution in [1.29, 1.82) is 0 Å². The summed E-state index contributed by atoms with van der Waals surface area (Å²) in [5.41, 5.74) is 1.00. The largest absolute Gasteiger partial charge is 0.485 e. The van der Waals surface area contributed by atoms with E-state index in [2.05, 4.69) is 15.1 Å². The Morgan fingerprint density at radius 3 is 2.63 bits per heavy atom. The fourth-order valence-corrected chi connectivity index (χ4v) is 3.25. The van der Waals surface area contributed by atoms with E-state index < -0.39 is 6.10 Å². The third-order valence-corrected chi connectivity index (χ3v) is 4.84. The summed E-state index contributed by atoms with van der Waals surface area (Å²) in [5.74, 6) is 2.11. The molecule has 2 aromatic rings. The van der Waals surface area contributed by atoms with Crippen molar-refractivity contribution >= 4 is 17.4 Å². The Labute approximate surface area is 158 Å². The number of para-hydroxylation sites is 2. The molecule has 0 spiro atoms. The Hall–Kier alpha value is -3.03. The number of hydrogen-bond acceptors (Lipinski definition) is 7. The van der Waals surface area contributed by atoms with Crippen molar-refractivity contribution in [3.63, 3.8) is 0 Å². The molecule has 1 aromatic carbocycles. The number of carbonyl (C=O) groups excluding carboxylic acids is 1. The summed E-state index contributed by atoms with van der Waals surface area (Å²) in [6.07, 6.45) is 1.14. The van der Waals surface area contributed by atoms with E-state index >= 15 is 0 Å². The Morgan fingerprint density at radius 2 is 1.89 bits per heavy atom. The maximum atomic E-state index is 12.8. The average molecular weight is 369 g/mol. The van der Waals surface area contributed by atoms with Crippen molar-refractivity contribution < 1.29 is 14.3 Å². The lowest BCUT2D eigenvalue weighted by molar-refractivity contribution is -0.141. The Morgan fingerprint density at radius 1 is 1.15 bits per heavy atom. The highest BCUT2D eigenvalue weighted by Gasteiger charge is 2.32. The SMILES string of the molecule is CN(C)c1cnnc(N2CCN(C(=O)C3COc4ccccc4O3)CC2)c1. The summed E-state index contributed by atoms with van der Waals surface area (Å²) in [4.78, 5) is 18.8. The quantitative estimate of drug-likeness (QED) is 0.800. The molecule has 27 heavy (non-hydrogen) atoms. The number of benzene rings is 1. The van der Waals surface area contributed by atoms with E-state index in [0.717, 1.165) is 11.5 Å². The van der Waals surface area contributed by atoms with Gasteiger partial charge >= 0.3 is 0 Å². The third-order valence-electron chi connectivity index (χ3n) is 4.84. The number of aromatic nitrogens is 2. The van der Waals surface area contributed by atoms with Crippen LogP contribution in [0.25, 0.3) is 0 Å². The number of amides is 1. The van der Waals surface area contributed by atoms with Gasteiger partial charge in [-0.25, -0.2) is 0 Å². The van der Waals surface area contributed by atoms with Crippen LogP contribution in [-0.4, -0.2) is 74.0 Å². The number of fused-ring (bicyclic) bond motifs is 1. The van der Waals surface area contributed by atoms with Gasteiger partial charge in [0.2, 0.25) is 6.10 Å². The second kappa shape index (κ2) is 7.30. The number of nitrogens with zero attached hydrogens (tertiary/aromatic N) is 5. The number of piperazine rings is 1. The molecule has 3 heterocycles. The molecule has 2 aliphatic rings. The minimum Gasteiger partial charge on any atom is -0.485 e. The van der Waals surface area contributed by atoms with Crippen LogP contribution in [0, 0.1) is 0 Å². The molecular formula is C19H23N5O3. The van der Waals surface area contributed by atoms with E-state index in [1.165, 1.54) is 0 Å². The Kier molecular flexibility index (Phi) is 4.70. The maximum absolute atomic E-state index is 12.8. The fourth-order valence-electron chi connectivity index (χ4n) is 3.25. The molecule has 8 nitrogen and oxygen atoms in total. The number of carbonyl (C=O) groups is 1. The molecule has 1 fully saturated rings. The highest BCUT2D eigenvalue weighted by atomic mass is 16.6. The Bertz CT molecular complexity index is 820. The summed E-state index contributed by atoms with van der Waals surface area (Å²) < 4.78 is 11.5. The van der Waals surface area contributed by atoms with Crippen molar-refractivity contribution in [3.05, 3.63) is 36.5 Å². The van der Waals surface area contributed by atoms with E-state index in [4.69, 9.17) is 9.47 Å². The highest BCUT2D eigenvalue weighted by Crippen LogP contribution is 2.31. The topological polar surface area (TPSA) is 71.0 Å². The molecule has 1 saturated heterocycles. The summed E-state index contributed by atoms with van der Waals surface area (Å²) >= 11 is 0. The van der Waals surface area contributed by atoms with Crippen molar-refractivity contribution in [1.82, 2.24) is 15.1 Å². The summed E-state index contributed by atoms with van der Waals surface area (Å²) in [6.45, 7) is 2.90. The van der Waals surface area contributed by atoms with E-state index in [1.807, 2.05) is 54.2 Å². The molecule has 0 bridgehead atoms. The van der Waals surface area contributed by atoms with Crippen LogP contribution in [0.2, 0.25) is 0 Å². The molecule has 1 aromatic heterocycles. The predicted octanol–water partition coefficient (Wildman–Crippen LogP) is 1.03. The van der Waals surface area contributed by atoms with Gasteiger partial charge in [0.1, 0.15) is 6.61 Å². The lowest BCUT2D eigenvalue weighted by Gasteiger charge is -2.37. The average Bonchev–Trinajstić information content (AvgIpc) is 2.73. The van der Waals surface area contributed by atoms with Gasteiger partial charge < -0.3 is 24.2 Å². The number of anilines is 2. The van der Waals surface area contributed by atoms with Gasteiger partial charge in [-0.3, -0.25) is 4.79 Å². The van der Waals surface area contributed by atoms with E-state index in [0.29, 0.717) is 37.7 Å². The van der Waals surface area contributed by atoms with Gasteiger partial charge in [0.15, 0.2) is 17.3 Å². The zero-order chi connectivity index (χ0) is 18.8. The van der Waals surface area contributed by atoms with Gasteiger partial charge in [0.05, 0.1) is 11.9 Å². The van der Waals surface area contributed by atoms with Gasteiger partial charge in [-0.1, -0.05) is 12.1 Å². The molecule has 0 aliphatic carbocycles. The van der Waals surface area contributed by atoms with Gasteiger partial charge in [-0.05, 0) is 12.1 Å². The molecular weight excluding hydrogens is 346 g/mol. The second-order valence-corrected chi connectivity index (χ2v) is 6.84. The summed E-state index contributed by atoms with van der Waals surface area (Å²) in [6, 6.07) is 9.44. The van der Waals surface area contributed by atoms with Crippen LogP contribution in [-0.2, 0) is 4.79 Å². The first-order chi connectivity index (χ1) is 13.1. The van der Waals surface area contributed by atoms with Crippen LogP contribution < -0.4 is 19.3 Å². The van der Waals surface area contributed by atoms with Gasteiger partial charge in [0, 0.05) is 46.3 Å². The fraction of sp³-hybridized carbons (Fsp3) is 0.421. The molecule has 2 aliphatic heterocycles. The zero-order valence-electron chi connectivity index (χ0n) is 15.5. The first-order valence-corrected chi connectivity index (χ1v) is 9.04. The molecule has 1 amide bonds. The van der Waals surface area contributed by atoms with Gasteiger partial charge in [-0.15, -0.1) is 5.10 Å². The van der Waals surface area contributed by atoms with Crippen molar-refractivity contribution in [2.45, 2.75) is 6.10 Å². The molecule has 4 rings (SSSR count). The van der Waals surface area contributed by atoms with Crippen LogP contribution in [0.5, 0.6) is 11.5 Å². The lowest BCUT2D eigenvalue weighted by atomic mass is 10.2. The third kappa shape index (κ3) is 3.60. The zero-order valence-corrected chi connectivity index (χ0v) is 15.5. The van der Waals surface area contributed by atoms with E-state index in [-0.39, 0.29) is 12.5 Å². The number of hydrogen-bond donors (Lipinski definition) is 0. The molecule has 1 unspecified atom stereocenters. The van der Waals surface area contributed by atoms with E-state index in [9.17, 15) is 4.79 Å². The molecule has 1 atom stereocenters. The smallest absolute Gasteiger partial charge is 0.267 e. The van der Waals surface area contributed by atoms with Crippen LogP contribution in [0.3, 0.4) is 0 Å². The monoisotopic (exact) mass is 369 g/mol. The second-order valence-electron chi connectivity index (χ2n) is 6.84. The first kappa shape index (κ1) is 17.4. The molecule has 0 saturated carbocycles. The van der Waals surface area contributed by atoms with E-state index in [1.54, 1.807) is 6.20 Å².